The van der Waals surface area contributed by atoms with Crippen LogP contribution in [0, 0.1) is 6.92 Å². The lowest BCUT2D eigenvalue weighted by Gasteiger charge is -1.99. The molecule has 2 rings (SSSR count). The lowest BCUT2D eigenvalue weighted by molar-refractivity contribution is 0.482. The Bertz CT molecular complexity index is 705. The third kappa shape index (κ3) is 4.56. The van der Waals surface area contributed by atoms with Gasteiger partial charge in [0, 0.05) is 0 Å². The molecule has 0 amide bonds. The molecule has 0 unspecified atom stereocenters. The van der Waals surface area contributed by atoms with Gasteiger partial charge in [0.25, 0.3) is 10.1 Å². The quantitative estimate of drug-likeness (QED) is 0.687. The second-order valence-electron chi connectivity index (χ2n) is 4.43. The second kappa shape index (κ2) is 5.94. The molecule has 2 aromatic rings. The van der Waals surface area contributed by atoms with E-state index in [9.17, 15) is 8.42 Å². The zero-order valence-corrected chi connectivity index (χ0v) is 11.7. The molecule has 0 saturated heterocycles. The van der Waals surface area contributed by atoms with E-state index in [1.807, 2.05) is 31.2 Å². The van der Waals surface area contributed by atoms with E-state index in [1.54, 1.807) is 24.3 Å². The number of nitrogens with zero attached hydrogens (tertiary/aromatic N) is 2. The summed E-state index contributed by atoms with van der Waals surface area (Å²) in [4.78, 5) is 0. The first kappa shape index (κ1) is 14.4. The summed E-state index contributed by atoms with van der Waals surface area (Å²) < 4.78 is 30.2. The Hall–Kier alpha value is -2.05. The Morgan fingerprint density at radius 2 is 1.35 bits per heavy atom. The molecule has 0 heterocycles. The normalized spacial score (nSPS) is 11.9. The first-order valence-electron chi connectivity index (χ1n) is 5.95. The average molecular weight is 290 g/mol. The number of azo groups is 1. The van der Waals surface area contributed by atoms with E-state index in [4.69, 9.17) is 4.55 Å². The van der Waals surface area contributed by atoms with Crippen LogP contribution in [0.15, 0.2) is 58.8 Å². The van der Waals surface area contributed by atoms with Gasteiger partial charge < -0.3 is 0 Å². The summed E-state index contributed by atoms with van der Waals surface area (Å²) in [5.41, 5.74) is 3.02. The van der Waals surface area contributed by atoms with E-state index in [2.05, 4.69) is 10.2 Å². The highest BCUT2D eigenvalue weighted by atomic mass is 32.2. The molecule has 0 aliphatic heterocycles. The summed E-state index contributed by atoms with van der Waals surface area (Å²) >= 11 is 0. The fraction of sp³-hybridized carbons (Fsp3) is 0.143. The molecule has 5 nitrogen and oxygen atoms in total. The van der Waals surface area contributed by atoms with E-state index >= 15 is 0 Å². The number of hydrogen-bond donors (Lipinski definition) is 1. The minimum atomic E-state index is -4.00. The van der Waals surface area contributed by atoms with Crippen molar-refractivity contribution in [2.45, 2.75) is 12.7 Å². The molecule has 20 heavy (non-hydrogen) atoms. The lowest BCUT2D eigenvalue weighted by Crippen LogP contribution is -2.00. The predicted molar refractivity (Wildman–Crippen MR) is 77.0 cm³/mol. The number of hydrogen-bond acceptors (Lipinski definition) is 4. The third-order valence-electron chi connectivity index (χ3n) is 2.60. The maximum atomic E-state index is 10.7. The van der Waals surface area contributed by atoms with Gasteiger partial charge in [0.2, 0.25) is 0 Å². The Morgan fingerprint density at radius 1 is 0.900 bits per heavy atom. The highest BCUT2D eigenvalue weighted by molar-refractivity contribution is 7.85. The van der Waals surface area contributed by atoms with Crippen LogP contribution in [0.4, 0.5) is 11.4 Å². The van der Waals surface area contributed by atoms with Crippen LogP contribution in [-0.4, -0.2) is 13.0 Å². The Kier molecular flexibility index (Phi) is 4.26. The zero-order valence-electron chi connectivity index (χ0n) is 10.9. The summed E-state index contributed by atoms with van der Waals surface area (Å²) in [6, 6.07) is 14.1. The fourth-order valence-corrected chi connectivity index (χ4v) is 2.21. The minimum absolute atomic E-state index is 0.400. The van der Waals surface area contributed by atoms with Crippen LogP contribution in [0.2, 0.25) is 0 Å². The first-order valence-corrected chi connectivity index (χ1v) is 7.56. The van der Waals surface area contributed by atoms with Gasteiger partial charge in [-0.15, -0.1) is 0 Å². The number of aryl methyl sites for hydroxylation is 1. The smallest absolute Gasteiger partial charge is 0.269 e. The standard InChI is InChI=1S/C14H14N2O3S/c1-11-2-6-13(7-3-11)15-16-14-8-4-12(5-9-14)10-20(17,18)19/h2-9H,10H2,1H3,(H,17,18,19). The molecule has 104 valence electrons. The van der Waals surface area contributed by atoms with Crippen molar-refractivity contribution in [1.29, 1.82) is 0 Å². The van der Waals surface area contributed by atoms with Crippen molar-refractivity contribution in [3.63, 3.8) is 0 Å². The summed E-state index contributed by atoms with van der Waals surface area (Å²) in [6.07, 6.45) is 0. The van der Waals surface area contributed by atoms with Crippen molar-refractivity contribution in [1.82, 2.24) is 0 Å². The van der Waals surface area contributed by atoms with Crippen molar-refractivity contribution in [2.24, 2.45) is 10.2 Å². The summed E-state index contributed by atoms with van der Waals surface area (Å²) in [7, 11) is -4.00. The van der Waals surface area contributed by atoms with Gasteiger partial charge in [-0.1, -0.05) is 29.8 Å². The van der Waals surface area contributed by atoms with Gasteiger partial charge in [0.15, 0.2) is 0 Å². The molecule has 0 aromatic heterocycles. The minimum Gasteiger partial charge on any atom is -0.285 e. The molecule has 0 atom stereocenters. The van der Waals surface area contributed by atoms with E-state index in [0.717, 1.165) is 11.3 Å². The maximum absolute atomic E-state index is 10.7. The topological polar surface area (TPSA) is 79.1 Å². The van der Waals surface area contributed by atoms with Crippen molar-refractivity contribution >= 4 is 21.5 Å². The van der Waals surface area contributed by atoms with Crippen LogP contribution in [0.25, 0.3) is 0 Å². The average Bonchev–Trinajstić information content (AvgIpc) is 2.38. The summed E-state index contributed by atoms with van der Waals surface area (Å²) in [5.74, 6) is -0.400. The van der Waals surface area contributed by atoms with Crippen molar-refractivity contribution in [3.8, 4) is 0 Å². The highest BCUT2D eigenvalue weighted by Crippen LogP contribution is 2.19. The van der Waals surface area contributed by atoms with Crippen LogP contribution in [0.1, 0.15) is 11.1 Å². The molecular weight excluding hydrogens is 276 g/mol. The molecule has 0 spiro atoms. The molecule has 0 radical (unpaired) electrons. The SMILES string of the molecule is Cc1ccc(N=Nc2ccc(CS(=O)(=O)O)cc2)cc1. The van der Waals surface area contributed by atoms with Gasteiger partial charge >= 0.3 is 0 Å². The van der Waals surface area contributed by atoms with E-state index in [0.29, 0.717) is 11.3 Å². The number of benzene rings is 2. The third-order valence-corrected chi connectivity index (χ3v) is 3.30. The highest BCUT2D eigenvalue weighted by Gasteiger charge is 2.05. The molecule has 0 aliphatic rings. The largest absolute Gasteiger partial charge is 0.285 e. The van der Waals surface area contributed by atoms with Gasteiger partial charge in [-0.2, -0.15) is 18.6 Å². The Balaban J connectivity index is 2.09. The van der Waals surface area contributed by atoms with Gasteiger partial charge in [-0.05, 0) is 36.8 Å². The second-order valence-corrected chi connectivity index (χ2v) is 5.88. The Morgan fingerprint density at radius 3 is 1.80 bits per heavy atom. The summed E-state index contributed by atoms with van der Waals surface area (Å²) in [5, 5.41) is 8.14. The van der Waals surface area contributed by atoms with Gasteiger partial charge in [-0.25, -0.2) is 0 Å². The summed E-state index contributed by atoms with van der Waals surface area (Å²) in [6.45, 7) is 1.99. The maximum Gasteiger partial charge on any atom is 0.269 e. The monoisotopic (exact) mass is 290 g/mol. The van der Waals surface area contributed by atoms with E-state index < -0.39 is 15.9 Å². The van der Waals surface area contributed by atoms with Gasteiger partial charge in [0.1, 0.15) is 5.75 Å². The molecule has 0 saturated carbocycles. The van der Waals surface area contributed by atoms with Crippen LogP contribution in [0.3, 0.4) is 0 Å². The van der Waals surface area contributed by atoms with Gasteiger partial charge in [0.05, 0.1) is 11.4 Å². The first-order chi connectivity index (χ1) is 9.42. The molecule has 0 bridgehead atoms. The van der Waals surface area contributed by atoms with Crippen molar-refractivity contribution in [3.05, 3.63) is 59.7 Å². The van der Waals surface area contributed by atoms with Crippen LogP contribution < -0.4 is 0 Å². The number of rotatable bonds is 4. The van der Waals surface area contributed by atoms with Crippen LogP contribution in [0.5, 0.6) is 0 Å². The van der Waals surface area contributed by atoms with E-state index in [-0.39, 0.29) is 0 Å². The van der Waals surface area contributed by atoms with Crippen molar-refractivity contribution < 1.29 is 13.0 Å². The molecule has 1 N–H and O–H groups in total. The fourth-order valence-electron chi connectivity index (χ4n) is 1.60. The molecule has 0 aliphatic carbocycles. The van der Waals surface area contributed by atoms with Crippen molar-refractivity contribution in [2.75, 3.05) is 0 Å². The molecule has 2 aromatic carbocycles. The van der Waals surface area contributed by atoms with Gasteiger partial charge in [-0.3, -0.25) is 4.55 Å². The molecular formula is C14H14N2O3S. The molecule has 0 fully saturated rings. The molecule has 6 heteroatoms. The van der Waals surface area contributed by atoms with Crippen LogP contribution >= 0.6 is 0 Å². The lowest BCUT2D eigenvalue weighted by atomic mass is 10.2. The van der Waals surface area contributed by atoms with Crippen LogP contribution in [-0.2, 0) is 15.9 Å². The van der Waals surface area contributed by atoms with E-state index in [1.165, 1.54) is 0 Å². The predicted octanol–water partition coefficient (Wildman–Crippen LogP) is 3.80. The zero-order chi connectivity index (χ0) is 14.6. The Labute approximate surface area is 117 Å².